The molecule has 1 aliphatic rings. The fourth-order valence-corrected chi connectivity index (χ4v) is 2.22. The summed E-state index contributed by atoms with van der Waals surface area (Å²) >= 11 is 0. The van der Waals surface area contributed by atoms with Gasteiger partial charge in [-0.1, -0.05) is 6.07 Å². The van der Waals surface area contributed by atoms with Crippen LogP contribution >= 0.6 is 0 Å². The van der Waals surface area contributed by atoms with Crippen LogP contribution < -0.4 is 10.1 Å². The molecule has 0 aromatic heterocycles. The molecule has 0 radical (unpaired) electrons. The molecule has 0 amide bonds. The van der Waals surface area contributed by atoms with Gasteiger partial charge >= 0.3 is 0 Å². The van der Waals surface area contributed by atoms with Crippen LogP contribution in [0.3, 0.4) is 0 Å². The molecule has 0 atom stereocenters. The van der Waals surface area contributed by atoms with E-state index in [0.29, 0.717) is 12.4 Å². The van der Waals surface area contributed by atoms with Crippen molar-refractivity contribution in [1.82, 2.24) is 5.32 Å². The molecule has 0 bridgehead atoms. The molecule has 1 aromatic carbocycles. The van der Waals surface area contributed by atoms with Gasteiger partial charge in [-0.05, 0) is 57.2 Å². The lowest BCUT2D eigenvalue weighted by molar-refractivity contribution is 0.316. The van der Waals surface area contributed by atoms with Gasteiger partial charge in [0.25, 0.3) is 0 Å². The highest BCUT2D eigenvalue weighted by atomic mass is 16.5. The van der Waals surface area contributed by atoms with Crippen LogP contribution in [0, 0.1) is 5.92 Å². The van der Waals surface area contributed by atoms with Gasteiger partial charge in [0.15, 0.2) is 11.5 Å². The smallest absolute Gasteiger partial charge is 0.161 e. The summed E-state index contributed by atoms with van der Waals surface area (Å²) in [6.07, 6.45) is 2.67. The molecule has 2 rings (SSSR count). The van der Waals surface area contributed by atoms with Crippen LogP contribution in [0.25, 0.3) is 0 Å². The van der Waals surface area contributed by atoms with Crippen molar-refractivity contribution in [3.63, 3.8) is 0 Å². The summed E-state index contributed by atoms with van der Waals surface area (Å²) in [5.74, 6) is 1.59. The summed E-state index contributed by atoms with van der Waals surface area (Å²) in [5, 5.41) is 13.2. The quantitative estimate of drug-likeness (QED) is 0.814. The van der Waals surface area contributed by atoms with Crippen LogP contribution in [0.4, 0.5) is 0 Å². The summed E-state index contributed by atoms with van der Waals surface area (Å²) in [6, 6.07) is 5.55. The maximum atomic E-state index is 9.65. The summed E-state index contributed by atoms with van der Waals surface area (Å²) < 4.78 is 5.39. The molecule has 3 heteroatoms. The van der Waals surface area contributed by atoms with Gasteiger partial charge in [-0.15, -0.1) is 0 Å². The van der Waals surface area contributed by atoms with Gasteiger partial charge in [0, 0.05) is 12.1 Å². The Balaban J connectivity index is 1.98. The molecule has 1 fully saturated rings. The number of rotatable bonds is 6. The van der Waals surface area contributed by atoms with Gasteiger partial charge in [0.05, 0.1) is 6.61 Å². The number of hydrogen-bond donors (Lipinski definition) is 2. The molecule has 1 aliphatic carbocycles. The lowest BCUT2D eigenvalue weighted by Crippen LogP contribution is -2.40. The maximum absolute atomic E-state index is 9.65. The van der Waals surface area contributed by atoms with E-state index in [1.165, 1.54) is 12.8 Å². The minimum Gasteiger partial charge on any atom is -0.504 e. The third kappa shape index (κ3) is 3.16. The van der Waals surface area contributed by atoms with E-state index in [1.807, 2.05) is 19.1 Å². The van der Waals surface area contributed by atoms with E-state index in [1.54, 1.807) is 6.07 Å². The Morgan fingerprint density at radius 1 is 1.39 bits per heavy atom. The Kier molecular flexibility index (Phi) is 3.81. The van der Waals surface area contributed by atoms with Gasteiger partial charge in [-0.2, -0.15) is 0 Å². The SMILES string of the molecule is CCOc1cc(CNC(C)(C)C2CC2)ccc1O. The number of phenolic OH excluding ortho intramolecular Hbond substituents is 1. The Bertz CT molecular complexity index is 411. The number of nitrogens with one attached hydrogen (secondary N) is 1. The largest absolute Gasteiger partial charge is 0.504 e. The molecule has 1 saturated carbocycles. The highest BCUT2D eigenvalue weighted by Gasteiger charge is 2.37. The molecule has 0 unspecified atom stereocenters. The van der Waals surface area contributed by atoms with Crippen molar-refractivity contribution in [2.24, 2.45) is 5.92 Å². The van der Waals surface area contributed by atoms with Crippen molar-refractivity contribution >= 4 is 0 Å². The highest BCUT2D eigenvalue weighted by molar-refractivity contribution is 5.41. The Morgan fingerprint density at radius 3 is 2.72 bits per heavy atom. The van der Waals surface area contributed by atoms with Crippen molar-refractivity contribution in [3.05, 3.63) is 23.8 Å². The van der Waals surface area contributed by atoms with Crippen molar-refractivity contribution < 1.29 is 9.84 Å². The number of ether oxygens (including phenoxy) is 1. The van der Waals surface area contributed by atoms with Crippen LogP contribution in [0.1, 0.15) is 39.2 Å². The van der Waals surface area contributed by atoms with Crippen LogP contribution in [0.2, 0.25) is 0 Å². The topological polar surface area (TPSA) is 41.5 Å². The van der Waals surface area contributed by atoms with Crippen molar-refractivity contribution in [2.45, 2.75) is 45.7 Å². The molecule has 0 saturated heterocycles. The molecule has 0 heterocycles. The van der Waals surface area contributed by atoms with E-state index in [0.717, 1.165) is 18.0 Å². The van der Waals surface area contributed by atoms with Crippen molar-refractivity contribution in [3.8, 4) is 11.5 Å². The first-order chi connectivity index (χ1) is 8.53. The normalized spacial score (nSPS) is 15.7. The van der Waals surface area contributed by atoms with Gasteiger partial charge in [-0.25, -0.2) is 0 Å². The average molecular weight is 249 g/mol. The first-order valence-electron chi connectivity index (χ1n) is 6.72. The van der Waals surface area contributed by atoms with E-state index >= 15 is 0 Å². The maximum Gasteiger partial charge on any atom is 0.161 e. The zero-order valence-corrected chi connectivity index (χ0v) is 11.5. The van der Waals surface area contributed by atoms with E-state index in [9.17, 15) is 5.11 Å². The Hall–Kier alpha value is -1.22. The average Bonchev–Trinajstić information content (AvgIpc) is 3.15. The lowest BCUT2D eigenvalue weighted by atomic mass is 9.98. The molecule has 18 heavy (non-hydrogen) atoms. The molecule has 0 aliphatic heterocycles. The van der Waals surface area contributed by atoms with Crippen LogP contribution in [-0.2, 0) is 6.54 Å². The molecule has 1 aromatic rings. The fraction of sp³-hybridized carbons (Fsp3) is 0.600. The summed E-state index contributed by atoms with van der Waals surface area (Å²) in [6.45, 7) is 7.81. The van der Waals surface area contributed by atoms with E-state index in [-0.39, 0.29) is 11.3 Å². The molecular weight excluding hydrogens is 226 g/mol. The van der Waals surface area contributed by atoms with E-state index < -0.39 is 0 Å². The minimum absolute atomic E-state index is 0.198. The predicted molar refractivity (Wildman–Crippen MR) is 72.9 cm³/mol. The van der Waals surface area contributed by atoms with Crippen LogP contribution in [0.5, 0.6) is 11.5 Å². The molecule has 100 valence electrons. The zero-order chi connectivity index (χ0) is 13.2. The summed E-state index contributed by atoms with van der Waals surface area (Å²) in [7, 11) is 0. The first-order valence-corrected chi connectivity index (χ1v) is 6.72. The monoisotopic (exact) mass is 249 g/mol. The van der Waals surface area contributed by atoms with Crippen LogP contribution in [0.15, 0.2) is 18.2 Å². The van der Waals surface area contributed by atoms with E-state index in [2.05, 4.69) is 19.2 Å². The van der Waals surface area contributed by atoms with Gasteiger partial charge < -0.3 is 15.2 Å². The highest BCUT2D eigenvalue weighted by Crippen LogP contribution is 2.39. The molecular formula is C15H23NO2. The van der Waals surface area contributed by atoms with Crippen molar-refractivity contribution in [1.29, 1.82) is 0 Å². The lowest BCUT2D eigenvalue weighted by Gasteiger charge is -2.26. The van der Waals surface area contributed by atoms with Gasteiger partial charge in [0.1, 0.15) is 0 Å². The minimum atomic E-state index is 0.198. The van der Waals surface area contributed by atoms with E-state index in [4.69, 9.17) is 4.74 Å². The number of aromatic hydroxyl groups is 1. The Labute approximate surface area is 109 Å². The first kappa shape index (κ1) is 13.2. The zero-order valence-electron chi connectivity index (χ0n) is 11.5. The van der Waals surface area contributed by atoms with Gasteiger partial charge in [-0.3, -0.25) is 0 Å². The third-order valence-electron chi connectivity index (χ3n) is 3.67. The molecule has 0 spiro atoms. The number of phenols is 1. The molecule has 2 N–H and O–H groups in total. The summed E-state index contributed by atoms with van der Waals surface area (Å²) in [4.78, 5) is 0. The summed E-state index contributed by atoms with van der Waals surface area (Å²) in [5.41, 5.74) is 1.34. The van der Waals surface area contributed by atoms with Gasteiger partial charge in [0.2, 0.25) is 0 Å². The Morgan fingerprint density at radius 2 is 2.11 bits per heavy atom. The second-order valence-corrected chi connectivity index (χ2v) is 5.58. The van der Waals surface area contributed by atoms with Crippen molar-refractivity contribution in [2.75, 3.05) is 6.61 Å². The number of hydrogen-bond acceptors (Lipinski definition) is 3. The predicted octanol–water partition coefficient (Wildman–Crippen LogP) is 3.07. The van der Waals surface area contributed by atoms with Crippen LogP contribution in [-0.4, -0.2) is 17.3 Å². The third-order valence-corrected chi connectivity index (χ3v) is 3.67. The fourth-order valence-electron chi connectivity index (χ4n) is 2.22. The standard InChI is InChI=1S/C15H23NO2/c1-4-18-14-9-11(5-8-13(14)17)10-16-15(2,3)12-6-7-12/h5,8-9,12,16-17H,4,6-7,10H2,1-3H3. The number of benzene rings is 1. The molecule has 3 nitrogen and oxygen atoms in total. The second kappa shape index (κ2) is 5.19. The second-order valence-electron chi connectivity index (χ2n) is 5.58.